The van der Waals surface area contributed by atoms with E-state index in [1.165, 1.54) is 0 Å². The van der Waals surface area contributed by atoms with Crippen molar-refractivity contribution < 1.29 is 14.2 Å². The molecule has 0 aliphatic heterocycles. The van der Waals surface area contributed by atoms with Crippen LogP contribution in [0.2, 0.25) is 0 Å². The number of nitrogens with zero attached hydrogens (tertiary/aromatic N) is 5. The average Bonchev–Trinajstić information content (AvgIpc) is 3.46. The van der Waals surface area contributed by atoms with Gasteiger partial charge in [-0.2, -0.15) is 0 Å². The van der Waals surface area contributed by atoms with Crippen LogP contribution in [-0.4, -0.2) is 44.0 Å². The van der Waals surface area contributed by atoms with Crippen LogP contribution in [0.3, 0.4) is 0 Å². The van der Waals surface area contributed by atoms with Crippen LogP contribution in [0.1, 0.15) is 0 Å². The summed E-state index contributed by atoms with van der Waals surface area (Å²) < 4.78 is 12.4. The number of rotatable bonds is 7. The number of para-hydroxylation sites is 1. The number of amides is 2. The molecule has 0 aliphatic carbocycles. The van der Waals surface area contributed by atoms with E-state index in [1.807, 2.05) is 65.2 Å². The maximum atomic E-state index is 11.9. The van der Waals surface area contributed by atoms with E-state index in [4.69, 9.17) is 15.1 Å². The monoisotopic (exact) mass is 456 g/mol. The molecule has 11 nitrogen and oxygen atoms in total. The van der Waals surface area contributed by atoms with Crippen molar-refractivity contribution in [3.05, 3.63) is 73.1 Å². The Kier molecular flexibility index (Phi) is 5.72. The number of ether oxygens (including phenoxy) is 1. The van der Waals surface area contributed by atoms with Crippen LogP contribution in [0.4, 0.5) is 16.3 Å². The fourth-order valence-corrected chi connectivity index (χ4v) is 3.42. The molecule has 0 bridgehead atoms. The van der Waals surface area contributed by atoms with E-state index in [0.29, 0.717) is 35.9 Å². The predicted molar refractivity (Wildman–Crippen MR) is 126 cm³/mol. The van der Waals surface area contributed by atoms with E-state index in [1.54, 1.807) is 12.4 Å². The van der Waals surface area contributed by atoms with Crippen LogP contribution in [0.5, 0.6) is 5.75 Å². The largest absolute Gasteiger partial charge is 0.492 e. The fourth-order valence-electron chi connectivity index (χ4n) is 3.42. The van der Waals surface area contributed by atoms with E-state index in [9.17, 15) is 4.79 Å². The Bertz CT molecular complexity index is 1410. The number of pyridine rings is 1. The van der Waals surface area contributed by atoms with Gasteiger partial charge in [-0.15, -0.1) is 0 Å². The third kappa shape index (κ3) is 4.35. The minimum absolute atomic E-state index is 0.147. The SMILES string of the molecule is Nc1nonc1-c1nc2cnccc2n1-c1ccc(OCCNC(=O)Nc2ccccc2)cc1. The number of imidazole rings is 1. The number of benzene rings is 2. The molecule has 0 fully saturated rings. The van der Waals surface area contributed by atoms with Gasteiger partial charge < -0.3 is 21.1 Å². The standard InChI is InChI=1S/C23H20N8O3/c24-21-20(29-34-30-21)22-28-18-14-25-11-10-19(18)31(22)16-6-8-17(9-7-16)33-13-12-26-23(32)27-15-4-2-1-3-5-15/h1-11,14H,12-13H2,(H2,24,30)(H2,26,27,32). The molecule has 0 unspecified atom stereocenters. The summed E-state index contributed by atoms with van der Waals surface area (Å²) in [7, 11) is 0. The van der Waals surface area contributed by atoms with Gasteiger partial charge in [-0.25, -0.2) is 14.4 Å². The van der Waals surface area contributed by atoms with E-state index >= 15 is 0 Å². The molecule has 34 heavy (non-hydrogen) atoms. The number of hydrogen-bond donors (Lipinski definition) is 3. The molecule has 0 saturated heterocycles. The Morgan fingerprint density at radius 3 is 2.65 bits per heavy atom. The molecule has 2 amide bonds. The number of nitrogens with one attached hydrogen (secondary N) is 2. The molecular weight excluding hydrogens is 436 g/mol. The first kappa shape index (κ1) is 20.9. The van der Waals surface area contributed by atoms with Crippen molar-refractivity contribution in [3.8, 4) is 23.0 Å². The summed E-state index contributed by atoms with van der Waals surface area (Å²) >= 11 is 0. The van der Waals surface area contributed by atoms with Crippen molar-refractivity contribution in [2.75, 3.05) is 24.2 Å². The first-order valence-electron chi connectivity index (χ1n) is 10.4. The van der Waals surface area contributed by atoms with Crippen molar-refractivity contribution in [3.63, 3.8) is 0 Å². The van der Waals surface area contributed by atoms with Crippen molar-refractivity contribution >= 4 is 28.6 Å². The number of fused-ring (bicyclic) bond motifs is 1. The minimum atomic E-state index is -0.291. The Morgan fingerprint density at radius 2 is 1.88 bits per heavy atom. The molecule has 0 aliphatic rings. The summed E-state index contributed by atoms with van der Waals surface area (Å²) in [6.45, 7) is 0.662. The van der Waals surface area contributed by atoms with E-state index in [-0.39, 0.29) is 11.8 Å². The highest BCUT2D eigenvalue weighted by molar-refractivity contribution is 5.89. The van der Waals surface area contributed by atoms with Gasteiger partial charge in [0.05, 0.1) is 18.3 Å². The highest BCUT2D eigenvalue weighted by atomic mass is 16.6. The Morgan fingerprint density at radius 1 is 1.06 bits per heavy atom. The van der Waals surface area contributed by atoms with Crippen molar-refractivity contribution in [1.82, 2.24) is 30.2 Å². The fraction of sp³-hybridized carbons (Fsp3) is 0.0870. The number of aromatic nitrogens is 5. The molecular formula is C23H20N8O3. The molecule has 11 heteroatoms. The third-order valence-corrected chi connectivity index (χ3v) is 4.97. The van der Waals surface area contributed by atoms with Crippen molar-refractivity contribution in [2.45, 2.75) is 0 Å². The van der Waals surface area contributed by atoms with Crippen LogP contribution in [0, 0.1) is 0 Å². The van der Waals surface area contributed by atoms with Crippen molar-refractivity contribution in [2.24, 2.45) is 0 Å². The normalized spacial score (nSPS) is 10.8. The average molecular weight is 456 g/mol. The van der Waals surface area contributed by atoms with E-state index < -0.39 is 0 Å². The van der Waals surface area contributed by atoms with Gasteiger partial charge in [-0.1, -0.05) is 18.2 Å². The highest BCUT2D eigenvalue weighted by Gasteiger charge is 2.20. The first-order valence-corrected chi connectivity index (χ1v) is 10.4. The van der Waals surface area contributed by atoms with Gasteiger partial charge in [0, 0.05) is 17.6 Å². The quantitative estimate of drug-likeness (QED) is 0.316. The lowest BCUT2D eigenvalue weighted by atomic mass is 10.2. The third-order valence-electron chi connectivity index (χ3n) is 4.97. The van der Waals surface area contributed by atoms with Gasteiger partial charge in [-0.05, 0) is 52.8 Å². The summed E-state index contributed by atoms with van der Waals surface area (Å²) in [5.41, 5.74) is 9.30. The van der Waals surface area contributed by atoms with E-state index in [0.717, 1.165) is 16.9 Å². The molecule has 0 saturated carbocycles. The lowest BCUT2D eigenvalue weighted by molar-refractivity contribution is 0.247. The van der Waals surface area contributed by atoms with Crippen molar-refractivity contribution in [1.29, 1.82) is 0 Å². The minimum Gasteiger partial charge on any atom is -0.492 e. The zero-order chi connectivity index (χ0) is 23.3. The second-order valence-corrected chi connectivity index (χ2v) is 7.22. The van der Waals surface area contributed by atoms with Crippen LogP contribution >= 0.6 is 0 Å². The number of carbonyl (C=O) groups excluding carboxylic acids is 1. The van der Waals surface area contributed by atoms with Gasteiger partial charge in [0.15, 0.2) is 17.3 Å². The van der Waals surface area contributed by atoms with Crippen LogP contribution < -0.4 is 21.1 Å². The molecule has 0 spiro atoms. The van der Waals surface area contributed by atoms with Crippen LogP contribution in [-0.2, 0) is 0 Å². The summed E-state index contributed by atoms with van der Waals surface area (Å²) in [4.78, 5) is 20.7. The molecule has 0 atom stereocenters. The zero-order valence-corrected chi connectivity index (χ0v) is 17.9. The Labute approximate surface area is 193 Å². The zero-order valence-electron chi connectivity index (χ0n) is 17.9. The van der Waals surface area contributed by atoms with Gasteiger partial charge in [-0.3, -0.25) is 9.55 Å². The molecule has 170 valence electrons. The number of nitrogen functional groups attached to an aromatic ring is 1. The summed E-state index contributed by atoms with van der Waals surface area (Å²) in [6.07, 6.45) is 3.35. The summed E-state index contributed by atoms with van der Waals surface area (Å²) in [5.74, 6) is 1.29. The second kappa shape index (κ2) is 9.28. The van der Waals surface area contributed by atoms with Gasteiger partial charge in [0.1, 0.15) is 17.9 Å². The molecule has 5 rings (SSSR count). The summed E-state index contributed by atoms with van der Waals surface area (Å²) in [5, 5.41) is 13.1. The molecule has 4 N–H and O–H groups in total. The van der Waals surface area contributed by atoms with Gasteiger partial charge in [0.2, 0.25) is 0 Å². The first-order chi connectivity index (χ1) is 16.7. The number of urea groups is 1. The maximum Gasteiger partial charge on any atom is 0.319 e. The number of carbonyl (C=O) groups is 1. The Hall–Kier alpha value is -4.93. The predicted octanol–water partition coefficient (Wildman–Crippen LogP) is 3.25. The highest BCUT2D eigenvalue weighted by Crippen LogP contribution is 2.30. The smallest absolute Gasteiger partial charge is 0.319 e. The van der Waals surface area contributed by atoms with Gasteiger partial charge >= 0.3 is 6.03 Å². The maximum absolute atomic E-state index is 11.9. The van der Waals surface area contributed by atoms with Gasteiger partial charge in [0.25, 0.3) is 0 Å². The number of anilines is 2. The molecule has 0 radical (unpaired) electrons. The second-order valence-electron chi connectivity index (χ2n) is 7.22. The summed E-state index contributed by atoms with van der Waals surface area (Å²) in [6, 6.07) is 18.2. The molecule has 3 heterocycles. The van der Waals surface area contributed by atoms with Crippen LogP contribution in [0.15, 0.2) is 77.7 Å². The topological polar surface area (TPSA) is 146 Å². The Balaban J connectivity index is 1.26. The lowest BCUT2D eigenvalue weighted by Gasteiger charge is -2.11. The molecule has 5 aromatic rings. The number of hydrogen-bond acceptors (Lipinski definition) is 8. The molecule has 3 aromatic heterocycles. The number of nitrogens with two attached hydrogens (primary N) is 1. The van der Waals surface area contributed by atoms with Crippen LogP contribution in [0.25, 0.3) is 28.2 Å². The lowest BCUT2D eigenvalue weighted by Crippen LogP contribution is -2.32. The molecule has 2 aromatic carbocycles. The van der Waals surface area contributed by atoms with E-state index in [2.05, 4.69) is 30.9 Å².